The highest BCUT2D eigenvalue weighted by atomic mass is 35.5. The zero-order chi connectivity index (χ0) is 20.1. The lowest BCUT2D eigenvalue weighted by molar-refractivity contribution is -0.126. The van der Waals surface area contributed by atoms with E-state index in [1.807, 2.05) is 17.8 Å². The van der Waals surface area contributed by atoms with Gasteiger partial charge < -0.3 is 15.0 Å². The summed E-state index contributed by atoms with van der Waals surface area (Å²) in [5, 5.41) is 7.67. The molecule has 0 spiro atoms. The highest BCUT2D eigenvalue weighted by Gasteiger charge is 2.28. The van der Waals surface area contributed by atoms with Crippen LogP contribution in [-0.2, 0) is 11.3 Å². The van der Waals surface area contributed by atoms with Gasteiger partial charge in [-0.3, -0.25) is 14.3 Å². The fourth-order valence-corrected chi connectivity index (χ4v) is 3.56. The van der Waals surface area contributed by atoms with Crippen molar-refractivity contribution in [1.82, 2.24) is 20.0 Å². The lowest BCUT2D eigenvalue weighted by atomic mass is 9.95. The average molecular weight is 405 g/mol. The topological polar surface area (TPSA) is 76.5 Å². The van der Waals surface area contributed by atoms with Crippen LogP contribution in [0.1, 0.15) is 28.8 Å². The Hall–Kier alpha value is -2.54. The van der Waals surface area contributed by atoms with Gasteiger partial charge in [0.2, 0.25) is 5.91 Å². The van der Waals surface area contributed by atoms with E-state index in [9.17, 15) is 9.59 Å². The SMILES string of the molecule is COc1ccc(Cl)cc1C(=O)N1CCC(C(=O)NCCn2cc(C)cn2)CC1. The highest BCUT2D eigenvalue weighted by Crippen LogP contribution is 2.26. The Morgan fingerprint density at radius 2 is 2.07 bits per heavy atom. The minimum Gasteiger partial charge on any atom is -0.496 e. The molecule has 1 aliphatic rings. The van der Waals surface area contributed by atoms with Crippen LogP contribution in [0.5, 0.6) is 5.75 Å². The van der Waals surface area contributed by atoms with Gasteiger partial charge in [-0.05, 0) is 43.5 Å². The lowest BCUT2D eigenvalue weighted by Gasteiger charge is -2.31. The largest absolute Gasteiger partial charge is 0.496 e. The van der Waals surface area contributed by atoms with Gasteiger partial charge >= 0.3 is 0 Å². The van der Waals surface area contributed by atoms with Gasteiger partial charge in [0.15, 0.2) is 0 Å². The Morgan fingerprint density at radius 1 is 1.32 bits per heavy atom. The monoisotopic (exact) mass is 404 g/mol. The van der Waals surface area contributed by atoms with Gasteiger partial charge in [-0.2, -0.15) is 5.10 Å². The van der Waals surface area contributed by atoms with Crippen LogP contribution in [0.3, 0.4) is 0 Å². The molecule has 8 heteroatoms. The summed E-state index contributed by atoms with van der Waals surface area (Å²) in [6.07, 6.45) is 5.02. The molecule has 1 saturated heterocycles. The number of methoxy groups -OCH3 is 1. The molecule has 3 rings (SSSR count). The molecule has 0 unspecified atom stereocenters. The molecule has 0 bridgehead atoms. The summed E-state index contributed by atoms with van der Waals surface area (Å²) in [7, 11) is 1.53. The third kappa shape index (κ3) is 4.84. The van der Waals surface area contributed by atoms with Gasteiger partial charge in [0.25, 0.3) is 5.91 Å². The molecule has 1 aromatic heterocycles. The molecular weight excluding hydrogens is 380 g/mol. The summed E-state index contributed by atoms with van der Waals surface area (Å²) in [4.78, 5) is 27.0. The van der Waals surface area contributed by atoms with Crippen molar-refractivity contribution < 1.29 is 14.3 Å². The number of carbonyl (C=O) groups excluding carboxylic acids is 2. The van der Waals surface area contributed by atoms with Crippen LogP contribution < -0.4 is 10.1 Å². The van der Waals surface area contributed by atoms with E-state index in [1.54, 1.807) is 29.3 Å². The van der Waals surface area contributed by atoms with Crippen molar-refractivity contribution in [2.75, 3.05) is 26.7 Å². The van der Waals surface area contributed by atoms with Crippen LogP contribution in [0.2, 0.25) is 5.02 Å². The van der Waals surface area contributed by atoms with Gasteiger partial charge in [-0.1, -0.05) is 11.6 Å². The lowest BCUT2D eigenvalue weighted by Crippen LogP contribution is -2.43. The van der Waals surface area contributed by atoms with Crippen LogP contribution in [-0.4, -0.2) is 53.2 Å². The molecule has 1 N–H and O–H groups in total. The molecule has 2 amide bonds. The number of piperidine rings is 1. The van der Waals surface area contributed by atoms with Gasteiger partial charge in [-0.25, -0.2) is 0 Å². The summed E-state index contributed by atoms with van der Waals surface area (Å²) in [6, 6.07) is 5.01. The van der Waals surface area contributed by atoms with E-state index < -0.39 is 0 Å². The number of hydrogen-bond donors (Lipinski definition) is 1. The van der Waals surface area contributed by atoms with Crippen LogP contribution in [0, 0.1) is 12.8 Å². The van der Waals surface area contributed by atoms with Crippen molar-refractivity contribution in [3.63, 3.8) is 0 Å². The first-order chi connectivity index (χ1) is 13.5. The maximum absolute atomic E-state index is 12.8. The third-order valence-corrected chi connectivity index (χ3v) is 5.18. The molecule has 0 saturated carbocycles. The van der Waals surface area contributed by atoms with Gasteiger partial charge in [-0.15, -0.1) is 0 Å². The number of rotatable bonds is 6. The molecule has 0 atom stereocenters. The second-order valence-electron chi connectivity index (χ2n) is 6.98. The molecule has 1 fully saturated rings. The predicted molar refractivity (Wildman–Crippen MR) is 107 cm³/mol. The maximum atomic E-state index is 12.8. The number of aryl methyl sites for hydroxylation is 1. The van der Waals surface area contributed by atoms with E-state index >= 15 is 0 Å². The second kappa shape index (κ2) is 9.10. The fourth-order valence-electron chi connectivity index (χ4n) is 3.39. The Morgan fingerprint density at radius 3 is 2.71 bits per heavy atom. The molecule has 2 heterocycles. The van der Waals surface area contributed by atoms with Crippen molar-refractivity contribution in [3.05, 3.63) is 46.7 Å². The molecule has 7 nitrogen and oxygen atoms in total. The van der Waals surface area contributed by atoms with Crippen molar-refractivity contribution in [1.29, 1.82) is 0 Å². The summed E-state index contributed by atoms with van der Waals surface area (Å²) >= 11 is 6.03. The molecule has 0 radical (unpaired) electrons. The highest BCUT2D eigenvalue weighted by molar-refractivity contribution is 6.31. The smallest absolute Gasteiger partial charge is 0.257 e. The first-order valence-electron chi connectivity index (χ1n) is 9.37. The first kappa shape index (κ1) is 20.2. The number of hydrogen-bond acceptors (Lipinski definition) is 4. The standard InChI is InChI=1S/C20H25ClN4O3/c1-14-12-23-25(13-14)10-7-22-19(26)15-5-8-24(9-6-15)20(27)17-11-16(21)3-4-18(17)28-2/h3-4,11-13,15H,5-10H2,1-2H3,(H,22,26). The van der Waals surface area contributed by atoms with Crippen molar-refractivity contribution in [2.24, 2.45) is 5.92 Å². The van der Waals surface area contributed by atoms with Crippen molar-refractivity contribution in [3.8, 4) is 5.75 Å². The number of nitrogens with zero attached hydrogens (tertiary/aromatic N) is 3. The number of benzene rings is 1. The number of halogens is 1. The minimum atomic E-state index is -0.118. The Labute approximate surface area is 169 Å². The second-order valence-corrected chi connectivity index (χ2v) is 7.42. The third-order valence-electron chi connectivity index (χ3n) is 4.95. The summed E-state index contributed by atoms with van der Waals surface area (Å²) in [5.41, 5.74) is 1.55. The van der Waals surface area contributed by atoms with E-state index in [0.717, 1.165) is 5.56 Å². The first-order valence-corrected chi connectivity index (χ1v) is 9.75. The van der Waals surface area contributed by atoms with E-state index in [2.05, 4.69) is 10.4 Å². The molecular formula is C20H25ClN4O3. The molecule has 2 aromatic rings. The average Bonchev–Trinajstić information content (AvgIpc) is 3.12. The van der Waals surface area contributed by atoms with Gasteiger partial charge in [0.1, 0.15) is 5.75 Å². The van der Waals surface area contributed by atoms with Crippen molar-refractivity contribution in [2.45, 2.75) is 26.3 Å². The summed E-state index contributed by atoms with van der Waals surface area (Å²) in [5.74, 6) is 0.344. The summed E-state index contributed by atoms with van der Waals surface area (Å²) in [6.45, 7) is 4.23. The van der Waals surface area contributed by atoms with E-state index in [0.29, 0.717) is 55.4 Å². The number of amides is 2. The molecule has 1 aliphatic heterocycles. The van der Waals surface area contributed by atoms with Crippen molar-refractivity contribution >= 4 is 23.4 Å². The molecule has 0 aliphatic carbocycles. The number of carbonyl (C=O) groups is 2. The summed E-state index contributed by atoms with van der Waals surface area (Å²) < 4.78 is 7.09. The van der Waals surface area contributed by atoms with Gasteiger partial charge in [0.05, 0.1) is 25.4 Å². The number of nitrogens with one attached hydrogen (secondary N) is 1. The number of likely N-dealkylation sites (tertiary alicyclic amines) is 1. The van der Waals surface area contributed by atoms with E-state index in [4.69, 9.17) is 16.3 Å². The Bertz CT molecular complexity index is 844. The quantitative estimate of drug-likeness (QED) is 0.802. The minimum absolute atomic E-state index is 0.0383. The van der Waals surface area contributed by atoms with E-state index in [1.165, 1.54) is 7.11 Å². The fraction of sp³-hybridized carbons (Fsp3) is 0.450. The van der Waals surface area contributed by atoms with Crippen LogP contribution in [0.15, 0.2) is 30.6 Å². The zero-order valence-electron chi connectivity index (χ0n) is 16.2. The number of ether oxygens (including phenoxy) is 1. The molecule has 150 valence electrons. The molecule has 28 heavy (non-hydrogen) atoms. The van der Waals surface area contributed by atoms with Crippen LogP contribution in [0.25, 0.3) is 0 Å². The normalized spacial score (nSPS) is 14.8. The van der Waals surface area contributed by atoms with E-state index in [-0.39, 0.29) is 17.7 Å². The maximum Gasteiger partial charge on any atom is 0.257 e. The van der Waals surface area contributed by atoms with Crippen LogP contribution in [0.4, 0.5) is 0 Å². The molecule has 1 aromatic carbocycles. The zero-order valence-corrected chi connectivity index (χ0v) is 16.9. The predicted octanol–water partition coefficient (Wildman–Crippen LogP) is 2.52. The van der Waals surface area contributed by atoms with Crippen LogP contribution >= 0.6 is 11.6 Å². The Balaban J connectivity index is 1.49. The Kier molecular flexibility index (Phi) is 6.57. The van der Waals surface area contributed by atoms with Gasteiger partial charge in [0, 0.05) is 36.8 Å². The number of aromatic nitrogens is 2.